The van der Waals surface area contributed by atoms with E-state index in [1.807, 2.05) is 18.2 Å². The van der Waals surface area contributed by atoms with Crippen LogP contribution in [0.5, 0.6) is 11.5 Å². The van der Waals surface area contributed by atoms with Crippen molar-refractivity contribution in [2.24, 2.45) is 5.73 Å². The van der Waals surface area contributed by atoms with Gasteiger partial charge in [0.05, 0.1) is 11.2 Å². The van der Waals surface area contributed by atoms with Gasteiger partial charge >= 0.3 is 0 Å². The highest BCUT2D eigenvalue weighted by Crippen LogP contribution is 2.32. The summed E-state index contributed by atoms with van der Waals surface area (Å²) >= 11 is 6.16. The minimum absolute atomic E-state index is 0.420. The number of aromatic nitrogens is 2. The van der Waals surface area contributed by atoms with Crippen LogP contribution < -0.4 is 10.5 Å². The first-order valence-corrected chi connectivity index (χ1v) is 6.51. The molecule has 0 fully saturated rings. The molecule has 0 aliphatic carbocycles. The Kier molecular flexibility index (Phi) is 3.50. The second-order valence-corrected chi connectivity index (χ2v) is 4.69. The Bertz CT molecular complexity index is 761. The number of pyridine rings is 2. The van der Waals surface area contributed by atoms with E-state index in [0.29, 0.717) is 23.1 Å². The highest BCUT2D eigenvalue weighted by molar-refractivity contribution is 6.35. The fraction of sp³-hybridized carbons (Fsp3) is 0.0667. The SMILES string of the molecule is NCc1cncc(Oc2ccc(Cl)c3cccnc23)c1. The molecule has 0 bridgehead atoms. The molecule has 0 saturated carbocycles. The van der Waals surface area contributed by atoms with Gasteiger partial charge in [0.1, 0.15) is 11.3 Å². The Hall–Kier alpha value is -2.17. The molecule has 2 aromatic heterocycles. The second-order valence-electron chi connectivity index (χ2n) is 4.28. The average Bonchev–Trinajstić information content (AvgIpc) is 2.51. The molecular formula is C15H12ClN3O. The number of ether oxygens (including phenoxy) is 1. The van der Waals surface area contributed by atoms with E-state index in [0.717, 1.165) is 16.5 Å². The first-order chi connectivity index (χ1) is 9.78. The van der Waals surface area contributed by atoms with Crippen molar-refractivity contribution >= 4 is 22.5 Å². The lowest BCUT2D eigenvalue weighted by atomic mass is 10.2. The third-order valence-electron chi connectivity index (χ3n) is 2.91. The smallest absolute Gasteiger partial charge is 0.153 e. The second kappa shape index (κ2) is 5.45. The van der Waals surface area contributed by atoms with E-state index < -0.39 is 0 Å². The number of benzene rings is 1. The van der Waals surface area contributed by atoms with Crippen molar-refractivity contribution in [1.82, 2.24) is 9.97 Å². The van der Waals surface area contributed by atoms with Crippen molar-refractivity contribution in [2.75, 3.05) is 0 Å². The van der Waals surface area contributed by atoms with Crippen molar-refractivity contribution in [3.63, 3.8) is 0 Å². The number of hydrogen-bond donors (Lipinski definition) is 1. The molecule has 1 aromatic carbocycles. The molecule has 2 heterocycles. The first-order valence-electron chi connectivity index (χ1n) is 6.13. The summed E-state index contributed by atoms with van der Waals surface area (Å²) in [7, 11) is 0. The standard InChI is InChI=1S/C15H12ClN3O/c16-13-3-4-14(15-12(13)2-1-5-19-15)20-11-6-10(7-17)8-18-9-11/h1-6,8-9H,7,17H2. The lowest BCUT2D eigenvalue weighted by molar-refractivity contribution is 0.484. The Morgan fingerprint density at radius 2 is 2.10 bits per heavy atom. The van der Waals surface area contributed by atoms with E-state index in [1.54, 1.807) is 30.7 Å². The number of fused-ring (bicyclic) bond motifs is 1. The summed E-state index contributed by atoms with van der Waals surface area (Å²) in [6.45, 7) is 0.420. The highest BCUT2D eigenvalue weighted by atomic mass is 35.5. The molecular weight excluding hydrogens is 274 g/mol. The fourth-order valence-electron chi connectivity index (χ4n) is 1.95. The van der Waals surface area contributed by atoms with Gasteiger partial charge in [-0.05, 0) is 35.9 Å². The van der Waals surface area contributed by atoms with E-state index >= 15 is 0 Å². The van der Waals surface area contributed by atoms with Crippen LogP contribution in [0.4, 0.5) is 0 Å². The number of rotatable bonds is 3. The Morgan fingerprint density at radius 1 is 1.20 bits per heavy atom. The zero-order valence-electron chi connectivity index (χ0n) is 10.6. The Balaban J connectivity index is 2.04. The van der Waals surface area contributed by atoms with Crippen LogP contribution in [0.2, 0.25) is 5.02 Å². The van der Waals surface area contributed by atoms with Gasteiger partial charge in [0.15, 0.2) is 5.75 Å². The minimum atomic E-state index is 0.420. The van der Waals surface area contributed by atoms with Gasteiger partial charge < -0.3 is 10.5 Å². The van der Waals surface area contributed by atoms with E-state index in [4.69, 9.17) is 22.1 Å². The monoisotopic (exact) mass is 285 g/mol. The quantitative estimate of drug-likeness (QED) is 0.799. The molecule has 0 aliphatic rings. The zero-order chi connectivity index (χ0) is 13.9. The normalized spacial score (nSPS) is 10.7. The van der Waals surface area contributed by atoms with Crippen LogP contribution in [-0.4, -0.2) is 9.97 Å². The van der Waals surface area contributed by atoms with Crippen LogP contribution in [0.25, 0.3) is 10.9 Å². The summed E-state index contributed by atoms with van der Waals surface area (Å²) in [5, 5.41) is 1.50. The molecule has 100 valence electrons. The maximum absolute atomic E-state index is 6.16. The van der Waals surface area contributed by atoms with Gasteiger partial charge in [0.25, 0.3) is 0 Å². The molecule has 0 spiro atoms. The molecule has 0 amide bonds. The van der Waals surface area contributed by atoms with Crippen LogP contribution >= 0.6 is 11.6 Å². The van der Waals surface area contributed by atoms with Gasteiger partial charge in [-0.25, -0.2) is 0 Å². The van der Waals surface area contributed by atoms with Gasteiger partial charge in [-0.15, -0.1) is 0 Å². The Labute approximate surface area is 121 Å². The van der Waals surface area contributed by atoms with E-state index in [-0.39, 0.29) is 0 Å². The summed E-state index contributed by atoms with van der Waals surface area (Å²) in [4.78, 5) is 8.42. The predicted molar refractivity (Wildman–Crippen MR) is 79.0 cm³/mol. The fourth-order valence-corrected chi connectivity index (χ4v) is 2.17. The summed E-state index contributed by atoms with van der Waals surface area (Å²) in [5.74, 6) is 1.27. The molecule has 0 atom stereocenters. The van der Waals surface area contributed by atoms with Crippen molar-refractivity contribution < 1.29 is 4.74 Å². The average molecular weight is 286 g/mol. The van der Waals surface area contributed by atoms with Gasteiger partial charge in [0, 0.05) is 24.3 Å². The van der Waals surface area contributed by atoms with Gasteiger partial charge in [0.2, 0.25) is 0 Å². The minimum Gasteiger partial charge on any atom is -0.453 e. The summed E-state index contributed by atoms with van der Waals surface area (Å²) in [5.41, 5.74) is 7.23. The third kappa shape index (κ3) is 2.43. The van der Waals surface area contributed by atoms with Crippen LogP contribution in [0, 0.1) is 0 Å². The molecule has 3 aromatic rings. The molecule has 3 rings (SSSR count). The van der Waals surface area contributed by atoms with Crippen LogP contribution in [0.3, 0.4) is 0 Å². The summed E-state index contributed by atoms with van der Waals surface area (Å²) < 4.78 is 5.85. The molecule has 0 aliphatic heterocycles. The molecule has 20 heavy (non-hydrogen) atoms. The maximum atomic E-state index is 6.16. The van der Waals surface area contributed by atoms with Crippen molar-refractivity contribution in [3.05, 3.63) is 59.5 Å². The zero-order valence-corrected chi connectivity index (χ0v) is 11.3. The van der Waals surface area contributed by atoms with Gasteiger partial charge in [-0.1, -0.05) is 11.6 Å². The number of nitrogens with two attached hydrogens (primary N) is 1. The molecule has 4 nitrogen and oxygen atoms in total. The third-order valence-corrected chi connectivity index (χ3v) is 3.24. The maximum Gasteiger partial charge on any atom is 0.153 e. The molecule has 2 N–H and O–H groups in total. The van der Waals surface area contributed by atoms with Crippen LogP contribution in [-0.2, 0) is 6.54 Å². The molecule has 0 unspecified atom stereocenters. The molecule has 0 radical (unpaired) electrons. The Morgan fingerprint density at radius 3 is 2.95 bits per heavy atom. The van der Waals surface area contributed by atoms with E-state index in [9.17, 15) is 0 Å². The van der Waals surface area contributed by atoms with Gasteiger partial charge in [-0.2, -0.15) is 0 Å². The van der Waals surface area contributed by atoms with Crippen molar-refractivity contribution in [1.29, 1.82) is 0 Å². The molecule has 5 heteroatoms. The van der Waals surface area contributed by atoms with Gasteiger partial charge in [-0.3, -0.25) is 9.97 Å². The topological polar surface area (TPSA) is 61.0 Å². The van der Waals surface area contributed by atoms with Crippen molar-refractivity contribution in [3.8, 4) is 11.5 Å². The number of nitrogens with zero attached hydrogens (tertiary/aromatic N) is 2. The number of hydrogen-bond acceptors (Lipinski definition) is 4. The largest absolute Gasteiger partial charge is 0.453 e. The highest BCUT2D eigenvalue weighted by Gasteiger charge is 2.08. The summed E-state index contributed by atoms with van der Waals surface area (Å²) in [6, 6.07) is 9.20. The van der Waals surface area contributed by atoms with Crippen LogP contribution in [0.1, 0.15) is 5.56 Å². The lowest BCUT2D eigenvalue weighted by Crippen LogP contribution is -1.97. The first kappa shape index (κ1) is 12.8. The van der Waals surface area contributed by atoms with E-state index in [1.165, 1.54) is 0 Å². The number of halogens is 1. The van der Waals surface area contributed by atoms with Crippen molar-refractivity contribution in [2.45, 2.75) is 6.54 Å². The summed E-state index contributed by atoms with van der Waals surface area (Å²) in [6.07, 6.45) is 5.06. The van der Waals surface area contributed by atoms with E-state index in [2.05, 4.69) is 9.97 Å². The lowest BCUT2D eigenvalue weighted by Gasteiger charge is -2.09. The van der Waals surface area contributed by atoms with Crippen LogP contribution in [0.15, 0.2) is 48.9 Å². The predicted octanol–water partition coefficient (Wildman–Crippen LogP) is 3.53. The molecule has 0 saturated heterocycles.